The first-order valence-corrected chi connectivity index (χ1v) is 5.59. The maximum atomic E-state index is 9.39. The second-order valence-corrected chi connectivity index (χ2v) is 3.50. The molecule has 0 saturated carbocycles. The second-order valence-electron chi connectivity index (χ2n) is 3.09. The van der Waals surface area contributed by atoms with Crippen LogP contribution in [0.3, 0.4) is 0 Å². The topological polar surface area (TPSA) is 62.0 Å². The lowest BCUT2D eigenvalue weighted by atomic mass is 10.2. The van der Waals surface area contributed by atoms with Crippen LogP contribution in [0, 0.1) is 0 Å². The zero-order valence-electron chi connectivity index (χ0n) is 9.64. The maximum absolute atomic E-state index is 9.39. The summed E-state index contributed by atoms with van der Waals surface area (Å²) in [5.74, 6) is 0. The molecule has 0 aliphatic rings. The van der Waals surface area contributed by atoms with Crippen LogP contribution in [0.1, 0.15) is 25.3 Å². The zero-order chi connectivity index (χ0) is 12.9. The highest BCUT2D eigenvalue weighted by atomic mass is 35.5. The Labute approximate surface area is 106 Å². The van der Waals surface area contributed by atoms with Gasteiger partial charge in [0.25, 0.3) is 0 Å². The number of isocyanates is 1. The highest BCUT2D eigenvalue weighted by Crippen LogP contribution is 2.11. The van der Waals surface area contributed by atoms with Crippen molar-refractivity contribution in [2.75, 3.05) is 6.54 Å². The van der Waals surface area contributed by atoms with Gasteiger partial charge in [-0.25, -0.2) is 9.79 Å². The largest absolute Gasteiger partial charge is 0.411 e. The van der Waals surface area contributed by atoms with E-state index in [0.29, 0.717) is 17.1 Å². The van der Waals surface area contributed by atoms with E-state index in [0.717, 1.165) is 12.8 Å². The van der Waals surface area contributed by atoms with Crippen LogP contribution in [0.25, 0.3) is 0 Å². The Morgan fingerprint density at radius 1 is 1.47 bits per heavy atom. The van der Waals surface area contributed by atoms with Crippen molar-refractivity contribution >= 4 is 23.9 Å². The molecule has 4 nitrogen and oxygen atoms in total. The van der Waals surface area contributed by atoms with E-state index >= 15 is 0 Å². The van der Waals surface area contributed by atoms with Crippen LogP contribution in [0.15, 0.2) is 34.4 Å². The summed E-state index contributed by atoms with van der Waals surface area (Å²) in [6.45, 7) is 2.69. The van der Waals surface area contributed by atoms with Crippen molar-refractivity contribution in [3.05, 3.63) is 34.9 Å². The number of nitrogens with zero attached hydrogens (tertiary/aromatic N) is 2. The number of hydrogen-bond donors (Lipinski definition) is 1. The number of benzene rings is 1. The van der Waals surface area contributed by atoms with E-state index in [1.54, 1.807) is 12.1 Å². The Morgan fingerprint density at radius 2 is 2.18 bits per heavy atom. The molecule has 0 heterocycles. The zero-order valence-corrected chi connectivity index (χ0v) is 10.4. The van der Waals surface area contributed by atoms with Gasteiger partial charge in [-0.1, -0.05) is 48.3 Å². The summed E-state index contributed by atoms with van der Waals surface area (Å²) in [4.78, 5) is 12.7. The predicted octanol–water partition coefficient (Wildman–Crippen LogP) is 3.27. The molecule has 1 aromatic rings. The van der Waals surface area contributed by atoms with Gasteiger partial charge in [-0.15, -0.1) is 0 Å². The van der Waals surface area contributed by atoms with E-state index in [4.69, 9.17) is 16.8 Å². The minimum atomic E-state index is 0.584. The second kappa shape index (κ2) is 10.9. The van der Waals surface area contributed by atoms with Gasteiger partial charge in [0.1, 0.15) is 0 Å². The van der Waals surface area contributed by atoms with Gasteiger partial charge >= 0.3 is 0 Å². The molecule has 17 heavy (non-hydrogen) atoms. The molecule has 0 radical (unpaired) electrons. The molecule has 1 N–H and O–H groups in total. The number of rotatable bonds is 4. The quantitative estimate of drug-likeness (QED) is 0.295. The third-order valence-corrected chi connectivity index (χ3v) is 2.13. The SMILES string of the molecule is CCCCN=C=O.ON=Cc1ccccc1Cl. The summed E-state index contributed by atoms with van der Waals surface area (Å²) < 4.78 is 0. The van der Waals surface area contributed by atoms with Crippen molar-refractivity contribution < 1.29 is 10.0 Å². The minimum absolute atomic E-state index is 0.584. The monoisotopic (exact) mass is 254 g/mol. The molecule has 0 aromatic heterocycles. The predicted molar refractivity (Wildman–Crippen MR) is 68.7 cm³/mol. The lowest BCUT2D eigenvalue weighted by Crippen LogP contribution is -1.80. The summed E-state index contributed by atoms with van der Waals surface area (Å²) in [6, 6.07) is 7.14. The van der Waals surface area contributed by atoms with E-state index in [9.17, 15) is 4.79 Å². The summed E-state index contributed by atoms with van der Waals surface area (Å²) in [7, 11) is 0. The van der Waals surface area contributed by atoms with Crippen molar-refractivity contribution in [3.8, 4) is 0 Å². The fourth-order valence-electron chi connectivity index (χ4n) is 0.925. The molecular formula is C12H15ClN2O2. The molecular weight excluding hydrogens is 240 g/mol. The highest BCUT2D eigenvalue weighted by Gasteiger charge is 1.92. The molecule has 5 heteroatoms. The highest BCUT2D eigenvalue weighted by molar-refractivity contribution is 6.33. The van der Waals surface area contributed by atoms with Crippen LogP contribution in [0.4, 0.5) is 0 Å². The normalized spacial score (nSPS) is 9.29. The Bertz CT molecular complexity index is 388. The average Bonchev–Trinajstić information content (AvgIpc) is 2.34. The van der Waals surface area contributed by atoms with E-state index in [1.807, 2.05) is 12.1 Å². The molecule has 0 bridgehead atoms. The Kier molecular flexibility index (Phi) is 9.82. The molecule has 1 aromatic carbocycles. The Hall–Kier alpha value is -1.64. The van der Waals surface area contributed by atoms with Gasteiger partial charge in [0.05, 0.1) is 12.8 Å². The molecule has 92 valence electrons. The number of hydrogen-bond acceptors (Lipinski definition) is 4. The van der Waals surface area contributed by atoms with E-state index in [-0.39, 0.29) is 0 Å². The molecule has 0 fully saturated rings. The third kappa shape index (κ3) is 8.20. The molecule has 0 aliphatic carbocycles. The van der Waals surface area contributed by atoms with Crippen molar-refractivity contribution in [2.45, 2.75) is 19.8 Å². The fraction of sp³-hybridized carbons (Fsp3) is 0.333. The van der Waals surface area contributed by atoms with E-state index < -0.39 is 0 Å². The molecule has 0 amide bonds. The van der Waals surface area contributed by atoms with Crippen LogP contribution in [0.2, 0.25) is 5.02 Å². The van der Waals surface area contributed by atoms with Crippen molar-refractivity contribution in [1.29, 1.82) is 0 Å². The van der Waals surface area contributed by atoms with Crippen LogP contribution < -0.4 is 0 Å². The molecule has 1 rings (SSSR count). The fourth-order valence-corrected chi connectivity index (χ4v) is 1.11. The smallest absolute Gasteiger partial charge is 0.234 e. The number of aliphatic imine (C=N–C) groups is 1. The van der Waals surface area contributed by atoms with E-state index in [1.165, 1.54) is 12.3 Å². The van der Waals surface area contributed by atoms with Gasteiger partial charge in [-0.05, 0) is 12.5 Å². The van der Waals surface area contributed by atoms with E-state index in [2.05, 4.69) is 17.1 Å². The maximum Gasteiger partial charge on any atom is 0.234 e. The molecule has 0 saturated heterocycles. The van der Waals surface area contributed by atoms with Crippen LogP contribution >= 0.6 is 11.6 Å². The van der Waals surface area contributed by atoms with Gasteiger partial charge in [-0.2, -0.15) is 0 Å². The minimum Gasteiger partial charge on any atom is -0.411 e. The van der Waals surface area contributed by atoms with Crippen LogP contribution in [0.5, 0.6) is 0 Å². The van der Waals surface area contributed by atoms with Gasteiger partial charge in [0, 0.05) is 10.6 Å². The molecule has 0 atom stereocenters. The molecule has 0 unspecified atom stereocenters. The average molecular weight is 255 g/mol. The summed E-state index contributed by atoms with van der Waals surface area (Å²) in [5, 5.41) is 11.6. The molecule has 0 aliphatic heterocycles. The van der Waals surface area contributed by atoms with Gasteiger partial charge in [-0.3, -0.25) is 0 Å². The number of oxime groups is 1. The first-order valence-electron chi connectivity index (χ1n) is 5.21. The van der Waals surface area contributed by atoms with Gasteiger partial charge < -0.3 is 5.21 Å². The lowest BCUT2D eigenvalue weighted by Gasteiger charge is -1.92. The van der Waals surface area contributed by atoms with Gasteiger partial charge in [0.15, 0.2) is 0 Å². The Morgan fingerprint density at radius 3 is 2.71 bits per heavy atom. The van der Waals surface area contributed by atoms with Gasteiger partial charge in [0.2, 0.25) is 6.08 Å². The number of carbonyl (C=O) groups excluding carboxylic acids is 1. The lowest BCUT2D eigenvalue weighted by molar-refractivity contribution is 0.322. The molecule has 0 spiro atoms. The summed E-state index contributed by atoms with van der Waals surface area (Å²) >= 11 is 5.70. The van der Waals surface area contributed by atoms with Crippen molar-refractivity contribution in [2.24, 2.45) is 10.1 Å². The van der Waals surface area contributed by atoms with Crippen LogP contribution in [-0.2, 0) is 4.79 Å². The first kappa shape index (κ1) is 15.4. The van der Waals surface area contributed by atoms with Crippen molar-refractivity contribution in [3.63, 3.8) is 0 Å². The summed E-state index contributed by atoms with van der Waals surface area (Å²) in [6.07, 6.45) is 4.86. The number of unbranched alkanes of at least 4 members (excludes halogenated alkanes) is 1. The Balaban J connectivity index is 0.000000325. The number of halogens is 1. The van der Waals surface area contributed by atoms with Crippen LogP contribution in [-0.4, -0.2) is 24.0 Å². The van der Waals surface area contributed by atoms with Crippen molar-refractivity contribution in [1.82, 2.24) is 0 Å². The summed E-state index contributed by atoms with van der Waals surface area (Å²) in [5.41, 5.74) is 0.715. The first-order chi connectivity index (χ1) is 8.26. The standard InChI is InChI=1S/C7H6ClNO.C5H9NO/c8-7-4-2-1-3-6(7)5-9-10;1-2-3-4-6-5-7/h1-5,10H;2-4H2,1H3. The third-order valence-electron chi connectivity index (χ3n) is 1.79.